The SMILES string of the molecule is CCc1ccc(N2C(=O)C(=Cc3ccc(OCc4ccccc4C#N)c(OC)c3)C(=O)NC2=S)cc1. The van der Waals surface area contributed by atoms with E-state index in [4.69, 9.17) is 21.7 Å². The van der Waals surface area contributed by atoms with E-state index < -0.39 is 11.8 Å². The quantitative estimate of drug-likeness (QED) is 0.293. The van der Waals surface area contributed by atoms with Gasteiger partial charge in [0.25, 0.3) is 11.8 Å². The number of nitrogens with zero attached hydrogens (tertiary/aromatic N) is 2. The van der Waals surface area contributed by atoms with Crippen LogP contribution in [0.1, 0.15) is 29.2 Å². The monoisotopic (exact) mass is 497 g/mol. The number of amides is 2. The highest BCUT2D eigenvalue weighted by atomic mass is 32.1. The molecule has 1 heterocycles. The molecular weight excluding hydrogens is 474 g/mol. The second kappa shape index (κ2) is 10.8. The number of carbonyl (C=O) groups excluding carboxylic acids is 2. The van der Waals surface area contributed by atoms with Gasteiger partial charge in [-0.3, -0.25) is 19.8 Å². The highest BCUT2D eigenvalue weighted by molar-refractivity contribution is 7.80. The van der Waals surface area contributed by atoms with E-state index in [1.165, 1.54) is 18.1 Å². The molecule has 1 aliphatic heterocycles. The summed E-state index contributed by atoms with van der Waals surface area (Å²) in [5.74, 6) is -0.199. The summed E-state index contributed by atoms with van der Waals surface area (Å²) in [5.41, 5.74) is 3.50. The number of hydrogen-bond acceptors (Lipinski definition) is 6. The Labute approximate surface area is 214 Å². The molecule has 0 bridgehead atoms. The van der Waals surface area contributed by atoms with Gasteiger partial charge in [-0.05, 0) is 66.2 Å². The maximum atomic E-state index is 13.3. The third kappa shape index (κ3) is 5.11. The zero-order valence-electron chi connectivity index (χ0n) is 19.8. The van der Waals surface area contributed by atoms with Crippen molar-refractivity contribution in [2.75, 3.05) is 12.0 Å². The largest absolute Gasteiger partial charge is 0.493 e. The van der Waals surface area contributed by atoms with Crippen molar-refractivity contribution < 1.29 is 19.1 Å². The minimum atomic E-state index is -0.571. The number of anilines is 1. The molecule has 0 aromatic heterocycles. The molecule has 0 spiro atoms. The van der Waals surface area contributed by atoms with Crippen LogP contribution < -0.4 is 19.7 Å². The highest BCUT2D eigenvalue weighted by Crippen LogP contribution is 2.31. The van der Waals surface area contributed by atoms with Gasteiger partial charge in [-0.1, -0.05) is 43.3 Å². The van der Waals surface area contributed by atoms with Crippen LogP contribution in [0, 0.1) is 11.3 Å². The molecule has 1 aliphatic rings. The zero-order valence-corrected chi connectivity index (χ0v) is 20.6. The van der Waals surface area contributed by atoms with E-state index in [1.807, 2.05) is 31.2 Å². The Bertz CT molecular complexity index is 1410. The molecule has 2 amide bonds. The van der Waals surface area contributed by atoms with Gasteiger partial charge in [-0.2, -0.15) is 5.26 Å². The summed E-state index contributed by atoms with van der Waals surface area (Å²) < 4.78 is 11.4. The Hall–Kier alpha value is -4.48. The fraction of sp³-hybridized carbons (Fsp3) is 0.143. The lowest BCUT2D eigenvalue weighted by molar-refractivity contribution is -0.122. The molecule has 0 radical (unpaired) electrons. The molecule has 180 valence electrons. The van der Waals surface area contributed by atoms with Gasteiger partial charge in [0.05, 0.1) is 24.4 Å². The van der Waals surface area contributed by atoms with Gasteiger partial charge < -0.3 is 9.47 Å². The van der Waals surface area contributed by atoms with Crippen LogP contribution in [-0.4, -0.2) is 24.0 Å². The third-order valence-electron chi connectivity index (χ3n) is 5.72. The number of rotatable bonds is 7. The van der Waals surface area contributed by atoms with Crippen LogP contribution in [-0.2, 0) is 22.6 Å². The maximum absolute atomic E-state index is 13.3. The summed E-state index contributed by atoms with van der Waals surface area (Å²) in [6.07, 6.45) is 2.36. The standard InChI is InChI=1S/C28H23N3O4S/c1-3-18-8-11-22(12-9-18)31-27(33)23(26(32)30-28(31)36)14-19-10-13-24(25(15-19)34-2)35-17-21-7-5-4-6-20(21)16-29/h4-15H,3,17H2,1-2H3,(H,30,32,36). The number of benzene rings is 3. The van der Waals surface area contributed by atoms with Gasteiger partial charge in [-0.15, -0.1) is 0 Å². The summed E-state index contributed by atoms with van der Waals surface area (Å²) >= 11 is 5.28. The fourth-order valence-corrected chi connectivity index (χ4v) is 4.02. The molecule has 0 unspecified atom stereocenters. The highest BCUT2D eigenvalue weighted by Gasteiger charge is 2.34. The Morgan fingerprint density at radius 2 is 1.81 bits per heavy atom. The first-order valence-corrected chi connectivity index (χ1v) is 11.6. The van der Waals surface area contributed by atoms with Crippen molar-refractivity contribution in [3.63, 3.8) is 0 Å². The van der Waals surface area contributed by atoms with E-state index in [-0.39, 0.29) is 17.3 Å². The van der Waals surface area contributed by atoms with Crippen molar-refractivity contribution >= 4 is 40.9 Å². The van der Waals surface area contributed by atoms with Crippen LogP contribution in [0.5, 0.6) is 11.5 Å². The second-order valence-electron chi connectivity index (χ2n) is 7.95. The Morgan fingerprint density at radius 3 is 2.50 bits per heavy atom. The Balaban J connectivity index is 1.59. The molecule has 1 saturated heterocycles. The molecule has 4 rings (SSSR count). The molecule has 0 saturated carbocycles. The third-order valence-corrected chi connectivity index (χ3v) is 6.01. The average molecular weight is 498 g/mol. The van der Waals surface area contributed by atoms with Gasteiger partial charge in [0.15, 0.2) is 16.6 Å². The smallest absolute Gasteiger partial charge is 0.270 e. The van der Waals surface area contributed by atoms with Crippen molar-refractivity contribution in [3.05, 3.63) is 94.6 Å². The first kappa shape index (κ1) is 24.6. The van der Waals surface area contributed by atoms with Crippen molar-refractivity contribution in [3.8, 4) is 17.6 Å². The van der Waals surface area contributed by atoms with Gasteiger partial charge in [0.2, 0.25) is 0 Å². The number of nitriles is 1. The summed E-state index contributed by atoms with van der Waals surface area (Å²) in [5, 5.41) is 11.9. The summed E-state index contributed by atoms with van der Waals surface area (Å²) in [6, 6.07) is 21.9. The van der Waals surface area contributed by atoms with E-state index in [0.717, 1.165) is 17.5 Å². The van der Waals surface area contributed by atoms with Gasteiger partial charge in [0, 0.05) is 5.56 Å². The van der Waals surface area contributed by atoms with Crippen LogP contribution in [0.2, 0.25) is 0 Å². The fourth-order valence-electron chi connectivity index (χ4n) is 3.74. The average Bonchev–Trinajstić information content (AvgIpc) is 2.90. The summed E-state index contributed by atoms with van der Waals surface area (Å²) in [4.78, 5) is 27.2. The van der Waals surface area contributed by atoms with Crippen LogP contribution in [0.4, 0.5) is 5.69 Å². The predicted octanol–water partition coefficient (Wildman–Crippen LogP) is 4.54. The molecule has 7 nitrogen and oxygen atoms in total. The number of thiocarbonyl (C=S) groups is 1. The zero-order chi connectivity index (χ0) is 25.7. The van der Waals surface area contributed by atoms with Crippen LogP contribution in [0.25, 0.3) is 6.08 Å². The van der Waals surface area contributed by atoms with Crippen molar-refractivity contribution in [1.29, 1.82) is 5.26 Å². The van der Waals surface area contributed by atoms with Crippen LogP contribution >= 0.6 is 12.2 Å². The second-order valence-corrected chi connectivity index (χ2v) is 8.33. The number of nitrogens with one attached hydrogen (secondary N) is 1. The molecule has 0 aliphatic carbocycles. The lowest BCUT2D eigenvalue weighted by Gasteiger charge is -2.29. The molecule has 0 atom stereocenters. The molecule has 1 fully saturated rings. The normalized spacial score (nSPS) is 14.4. The van der Waals surface area contributed by atoms with Crippen LogP contribution in [0.15, 0.2) is 72.3 Å². The van der Waals surface area contributed by atoms with E-state index in [1.54, 1.807) is 42.5 Å². The van der Waals surface area contributed by atoms with Crippen molar-refractivity contribution in [1.82, 2.24) is 5.32 Å². The van der Waals surface area contributed by atoms with E-state index >= 15 is 0 Å². The van der Waals surface area contributed by atoms with Gasteiger partial charge in [0.1, 0.15) is 12.2 Å². The topological polar surface area (TPSA) is 91.7 Å². The van der Waals surface area contributed by atoms with Gasteiger partial charge in [-0.25, -0.2) is 0 Å². The first-order valence-electron chi connectivity index (χ1n) is 11.2. The minimum Gasteiger partial charge on any atom is -0.493 e. The maximum Gasteiger partial charge on any atom is 0.270 e. The lowest BCUT2D eigenvalue weighted by atomic mass is 10.1. The molecule has 8 heteroatoms. The van der Waals surface area contributed by atoms with Crippen LogP contribution in [0.3, 0.4) is 0 Å². The number of aryl methyl sites for hydroxylation is 1. The summed E-state index contributed by atoms with van der Waals surface area (Å²) in [7, 11) is 1.50. The molecule has 3 aromatic rings. The summed E-state index contributed by atoms with van der Waals surface area (Å²) in [6.45, 7) is 2.23. The first-order chi connectivity index (χ1) is 17.4. The number of carbonyl (C=O) groups is 2. The minimum absolute atomic E-state index is 0.0328. The Morgan fingerprint density at radius 1 is 1.06 bits per heavy atom. The molecule has 36 heavy (non-hydrogen) atoms. The predicted molar refractivity (Wildman–Crippen MR) is 141 cm³/mol. The lowest BCUT2D eigenvalue weighted by Crippen LogP contribution is -2.54. The molecule has 3 aromatic carbocycles. The van der Waals surface area contributed by atoms with E-state index in [0.29, 0.717) is 28.3 Å². The van der Waals surface area contributed by atoms with Crippen molar-refractivity contribution in [2.45, 2.75) is 20.0 Å². The number of ether oxygens (including phenoxy) is 2. The molecule has 1 N–H and O–H groups in total. The Kier molecular flexibility index (Phi) is 7.42. The van der Waals surface area contributed by atoms with Crippen molar-refractivity contribution in [2.24, 2.45) is 0 Å². The van der Waals surface area contributed by atoms with Gasteiger partial charge >= 0.3 is 0 Å². The van der Waals surface area contributed by atoms with E-state index in [2.05, 4.69) is 11.4 Å². The number of hydrogen-bond donors (Lipinski definition) is 1. The molecular formula is C28H23N3O4S. The number of methoxy groups -OCH3 is 1. The van der Waals surface area contributed by atoms with E-state index in [9.17, 15) is 14.9 Å².